The molecule has 0 amide bonds. The van der Waals surface area contributed by atoms with Gasteiger partial charge >= 0.3 is 0 Å². The van der Waals surface area contributed by atoms with Gasteiger partial charge in [-0.25, -0.2) is 4.39 Å². The summed E-state index contributed by atoms with van der Waals surface area (Å²) < 4.78 is 19.3. The third-order valence-corrected chi connectivity index (χ3v) is 3.08. The number of halogens is 1. The van der Waals surface area contributed by atoms with E-state index in [1.54, 1.807) is 6.07 Å². The van der Waals surface area contributed by atoms with Crippen molar-refractivity contribution in [3.8, 4) is 5.75 Å². The SMILES string of the molecule is CCc1cccc(Nc2cc(OC(C)C)c(F)cc2N)c1. The molecule has 0 saturated carbocycles. The highest BCUT2D eigenvalue weighted by atomic mass is 19.1. The van der Waals surface area contributed by atoms with Gasteiger partial charge in [-0.3, -0.25) is 0 Å². The molecule has 3 nitrogen and oxygen atoms in total. The zero-order chi connectivity index (χ0) is 15.4. The van der Waals surface area contributed by atoms with E-state index in [1.165, 1.54) is 11.6 Å². The number of ether oxygens (including phenoxy) is 1. The van der Waals surface area contributed by atoms with Crippen LogP contribution in [0.3, 0.4) is 0 Å². The molecule has 0 aliphatic heterocycles. The van der Waals surface area contributed by atoms with Gasteiger partial charge in [-0.2, -0.15) is 0 Å². The minimum Gasteiger partial charge on any atom is -0.488 e. The van der Waals surface area contributed by atoms with E-state index in [-0.39, 0.29) is 11.9 Å². The van der Waals surface area contributed by atoms with E-state index in [0.717, 1.165) is 12.1 Å². The Kier molecular flexibility index (Phi) is 4.68. The largest absolute Gasteiger partial charge is 0.488 e. The van der Waals surface area contributed by atoms with E-state index in [0.29, 0.717) is 11.4 Å². The first-order valence-corrected chi connectivity index (χ1v) is 7.11. The summed E-state index contributed by atoms with van der Waals surface area (Å²) in [7, 11) is 0. The van der Waals surface area contributed by atoms with Crippen molar-refractivity contribution in [2.45, 2.75) is 33.3 Å². The summed E-state index contributed by atoms with van der Waals surface area (Å²) in [5.74, 6) is -0.248. The third-order valence-electron chi connectivity index (χ3n) is 3.08. The summed E-state index contributed by atoms with van der Waals surface area (Å²) in [5.41, 5.74) is 9.01. The number of aryl methyl sites for hydroxylation is 1. The smallest absolute Gasteiger partial charge is 0.167 e. The van der Waals surface area contributed by atoms with Crippen LogP contribution in [0, 0.1) is 5.82 Å². The maximum atomic E-state index is 13.8. The molecule has 0 fully saturated rings. The first-order valence-electron chi connectivity index (χ1n) is 7.11. The molecule has 0 atom stereocenters. The fourth-order valence-corrected chi connectivity index (χ4v) is 2.05. The normalized spacial score (nSPS) is 10.7. The van der Waals surface area contributed by atoms with Gasteiger partial charge < -0.3 is 15.8 Å². The molecular formula is C17H21FN2O. The zero-order valence-electron chi connectivity index (χ0n) is 12.6. The van der Waals surface area contributed by atoms with E-state index < -0.39 is 5.82 Å². The predicted octanol–water partition coefficient (Wildman–Crippen LogP) is 4.50. The summed E-state index contributed by atoms with van der Waals surface area (Å²) in [5, 5.41) is 3.22. The number of hydrogen-bond donors (Lipinski definition) is 2. The standard InChI is InChI=1S/C17H21FN2O/c1-4-12-6-5-7-13(8-12)20-16-10-17(21-11(2)3)14(18)9-15(16)19/h5-11,20H,4,19H2,1-3H3. The monoisotopic (exact) mass is 288 g/mol. The summed E-state index contributed by atoms with van der Waals surface area (Å²) in [6.45, 7) is 5.81. The first kappa shape index (κ1) is 15.2. The van der Waals surface area contributed by atoms with Crippen LogP contribution in [0.25, 0.3) is 0 Å². The topological polar surface area (TPSA) is 47.3 Å². The molecule has 0 spiro atoms. The highest BCUT2D eigenvalue weighted by molar-refractivity contribution is 5.74. The number of nitrogens with two attached hydrogens (primary N) is 1. The van der Waals surface area contributed by atoms with Crippen LogP contribution in [-0.2, 0) is 6.42 Å². The van der Waals surface area contributed by atoms with Crippen LogP contribution in [0.5, 0.6) is 5.75 Å². The average molecular weight is 288 g/mol. The minimum absolute atomic E-state index is 0.0978. The lowest BCUT2D eigenvalue weighted by molar-refractivity contribution is 0.231. The molecule has 21 heavy (non-hydrogen) atoms. The molecule has 2 rings (SSSR count). The third kappa shape index (κ3) is 3.88. The molecule has 2 aromatic carbocycles. The number of benzene rings is 2. The number of nitrogen functional groups attached to an aromatic ring is 1. The Balaban J connectivity index is 2.30. The molecule has 0 bridgehead atoms. The number of hydrogen-bond acceptors (Lipinski definition) is 3. The van der Waals surface area contributed by atoms with E-state index in [4.69, 9.17) is 10.5 Å². The fourth-order valence-electron chi connectivity index (χ4n) is 2.05. The lowest BCUT2D eigenvalue weighted by Gasteiger charge is -2.15. The lowest BCUT2D eigenvalue weighted by Crippen LogP contribution is -2.08. The van der Waals surface area contributed by atoms with Gasteiger partial charge in [0.05, 0.1) is 17.5 Å². The summed E-state index contributed by atoms with van der Waals surface area (Å²) in [6, 6.07) is 10.9. The second kappa shape index (κ2) is 6.48. The highest BCUT2D eigenvalue weighted by Gasteiger charge is 2.11. The Morgan fingerprint density at radius 3 is 2.67 bits per heavy atom. The predicted molar refractivity (Wildman–Crippen MR) is 85.7 cm³/mol. The molecule has 0 aliphatic carbocycles. The molecule has 0 aliphatic rings. The Labute approximate surface area is 124 Å². The quantitative estimate of drug-likeness (QED) is 0.796. The van der Waals surface area contributed by atoms with Gasteiger partial charge in [0.1, 0.15) is 0 Å². The summed E-state index contributed by atoms with van der Waals surface area (Å²) >= 11 is 0. The molecule has 0 saturated heterocycles. The van der Waals surface area contributed by atoms with Gasteiger partial charge in [0, 0.05) is 17.8 Å². The van der Waals surface area contributed by atoms with Gasteiger partial charge in [-0.1, -0.05) is 19.1 Å². The van der Waals surface area contributed by atoms with Crippen molar-refractivity contribution < 1.29 is 9.13 Å². The van der Waals surface area contributed by atoms with Gasteiger partial charge in [0.2, 0.25) is 0 Å². The molecule has 112 valence electrons. The maximum Gasteiger partial charge on any atom is 0.167 e. The van der Waals surface area contributed by atoms with Crippen molar-refractivity contribution in [2.24, 2.45) is 0 Å². The zero-order valence-corrected chi connectivity index (χ0v) is 12.6. The van der Waals surface area contributed by atoms with Gasteiger partial charge in [-0.15, -0.1) is 0 Å². The van der Waals surface area contributed by atoms with Crippen LogP contribution in [0.4, 0.5) is 21.5 Å². The van der Waals surface area contributed by atoms with Crippen LogP contribution in [0.2, 0.25) is 0 Å². The molecule has 0 heterocycles. The van der Waals surface area contributed by atoms with Crippen LogP contribution >= 0.6 is 0 Å². The molecule has 4 heteroatoms. The molecular weight excluding hydrogens is 267 g/mol. The van der Waals surface area contributed by atoms with Crippen LogP contribution in [0.1, 0.15) is 26.3 Å². The Morgan fingerprint density at radius 1 is 1.24 bits per heavy atom. The Hall–Kier alpha value is -2.23. The minimum atomic E-state index is -0.450. The van der Waals surface area contributed by atoms with Crippen LogP contribution in [0.15, 0.2) is 36.4 Å². The second-order valence-corrected chi connectivity index (χ2v) is 5.22. The van der Waals surface area contributed by atoms with E-state index in [1.807, 2.05) is 32.0 Å². The average Bonchev–Trinajstić information content (AvgIpc) is 2.44. The Bertz CT molecular complexity index is 626. The number of rotatable bonds is 5. The molecule has 0 unspecified atom stereocenters. The fraction of sp³-hybridized carbons (Fsp3) is 0.294. The Morgan fingerprint density at radius 2 is 2.00 bits per heavy atom. The lowest BCUT2D eigenvalue weighted by atomic mass is 10.1. The van der Waals surface area contributed by atoms with E-state index in [2.05, 4.69) is 18.3 Å². The van der Waals surface area contributed by atoms with Crippen molar-refractivity contribution >= 4 is 17.1 Å². The van der Waals surface area contributed by atoms with Crippen LogP contribution in [-0.4, -0.2) is 6.10 Å². The van der Waals surface area contributed by atoms with Gasteiger partial charge in [0.15, 0.2) is 11.6 Å². The summed E-state index contributed by atoms with van der Waals surface area (Å²) in [6.07, 6.45) is 0.857. The van der Waals surface area contributed by atoms with Crippen molar-refractivity contribution in [1.82, 2.24) is 0 Å². The maximum absolute atomic E-state index is 13.8. The molecule has 3 N–H and O–H groups in total. The van der Waals surface area contributed by atoms with Gasteiger partial charge in [0.25, 0.3) is 0 Å². The second-order valence-electron chi connectivity index (χ2n) is 5.22. The molecule has 0 aromatic heterocycles. The van der Waals surface area contributed by atoms with Crippen molar-refractivity contribution in [3.63, 3.8) is 0 Å². The molecule has 0 radical (unpaired) electrons. The number of anilines is 3. The van der Waals surface area contributed by atoms with Crippen molar-refractivity contribution in [3.05, 3.63) is 47.8 Å². The first-order chi connectivity index (χ1) is 9.99. The number of nitrogens with one attached hydrogen (secondary N) is 1. The molecule has 2 aromatic rings. The van der Waals surface area contributed by atoms with E-state index in [9.17, 15) is 4.39 Å². The van der Waals surface area contributed by atoms with Crippen LogP contribution < -0.4 is 15.8 Å². The highest BCUT2D eigenvalue weighted by Crippen LogP contribution is 2.31. The van der Waals surface area contributed by atoms with Gasteiger partial charge in [-0.05, 0) is 38.0 Å². The van der Waals surface area contributed by atoms with Crippen molar-refractivity contribution in [2.75, 3.05) is 11.1 Å². The summed E-state index contributed by atoms with van der Waals surface area (Å²) in [4.78, 5) is 0. The van der Waals surface area contributed by atoms with E-state index >= 15 is 0 Å². The van der Waals surface area contributed by atoms with Crippen molar-refractivity contribution in [1.29, 1.82) is 0 Å².